The van der Waals surface area contributed by atoms with Gasteiger partial charge in [0, 0.05) is 0 Å². The predicted molar refractivity (Wildman–Crippen MR) is 177 cm³/mol. The molecule has 0 saturated heterocycles. The zero-order valence-corrected chi connectivity index (χ0v) is 27.0. The van der Waals surface area contributed by atoms with Gasteiger partial charge in [-0.15, -0.1) is 0 Å². The van der Waals surface area contributed by atoms with Gasteiger partial charge in [0.25, 0.3) is 0 Å². The highest BCUT2D eigenvalue weighted by Crippen LogP contribution is 2.26. The maximum Gasteiger partial charge on any atom is 0.347 e. The summed E-state index contributed by atoms with van der Waals surface area (Å²) in [6.07, 6.45) is 11.4. The van der Waals surface area contributed by atoms with Gasteiger partial charge in [-0.2, -0.15) is 0 Å². The number of carbonyl (C=O) groups excluding carboxylic acids is 2. The Kier molecular flexibility index (Phi) is 15.4. The van der Waals surface area contributed by atoms with Crippen LogP contribution >= 0.6 is 0 Å². The molecule has 3 aromatic rings. The van der Waals surface area contributed by atoms with Crippen LogP contribution in [0.1, 0.15) is 102 Å². The summed E-state index contributed by atoms with van der Waals surface area (Å²) in [5, 5.41) is 0. The quantitative estimate of drug-likeness (QED) is 0.0728. The molecule has 6 heteroatoms. The third kappa shape index (κ3) is 12.1. The van der Waals surface area contributed by atoms with E-state index in [4.69, 9.17) is 18.9 Å². The van der Waals surface area contributed by atoms with Crippen molar-refractivity contribution in [1.29, 1.82) is 0 Å². The molecule has 44 heavy (non-hydrogen) atoms. The molecule has 0 aromatic heterocycles. The van der Waals surface area contributed by atoms with Crippen LogP contribution in [-0.2, 0) is 9.53 Å². The van der Waals surface area contributed by atoms with Gasteiger partial charge in [0.2, 0.25) is 0 Å². The number of ether oxygens (including phenoxy) is 4. The van der Waals surface area contributed by atoms with Gasteiger partial charge in [0.05, 0.1) is 18.8 Å². The molecule has 0 bridgehead atoms. The Bertz CT molecular complexity index is 1230. The lowest BCUT2D eigenvalue weighted by molar-refractivity contribution is -0.152. The molecule has 0 aliphatic rings. The molecule has 6 nitrogen and oxygen atoms in total. The van der Waals surface area contributed by atoms with Crippen LogP contribution in [0.4, 0.5) is 0 Å². The highest BCUT2D eigenvalue weighted by molar-refractivity contribution is 5.91. The molecule has 238 valence electrons. The van der Waals surface area contributed by atoms with Crippen LogP contribution in [0, 0.1) is 5.92 Å². The van der Waals surface area contributed by atoms with Crippen molar-refractivity contribution in [3.8, 4) is 28.4 Å². The van der Waals surface area contributed by atoms with Crippen LogP contribution in [0.2, 0.25) is 0 Å². The molecule has 3 aromatic carbocycles. The van der Waals surface area contributed by atoms with E-state index in [0.717, 1.165) is 36.1 Å². The van der Waals surface area contributed by atoms with Crippen molar-refractivity contribution < 1.29 is 28.5 Å². The maximum absolute atomic E-state index is 12.7. The molecule has 0 aliphatic heterocycles. The van der Waals surface area contributed by atoms with Crippen molar-refractivity contribution in [3.05, 3.63) is 78.4 Å². The Balaban J connectivity index is 1.41. The Morgan fingerprint density at radius 1 is 0.636 bits per heavy atom. The van der Waals surface area contributed by atoms with Crippen LogP contribution in [0.3, 0.4) is 0 Å². The minimum absolute atomic E-state index is 0.357. The van der Waals surface area contributed by atoms with Crippen molar-refractivity contribution in [2.75, 3.05) is 13.2 Å². The van der Waals surface area contributed by atoms with Crippen molar-refractivity contribution in [2.24, 2.45) is 5.92 Å². The van der Waals surface area contributed by atoms with Gasteiger partial charge < -0.3 is 18.9 Å². The number of carbonyl (C=O) groups is 2. The predicted octanol–water partition coefficient (Wildman–Crippen LogP) is 9.84. The second-order valence-electron chi connectivity index (χ2n) is 11.4. The molecule has 0 N–H and O–H groups in total. The summed E-state index contributed by atoms with van der Waals surface area (Å²) in [5.74, 6) is 1.43. The number of hydrogen-bond donors (Lipinski definition) is 0. The summed E-state index contributed by atoms with van der Waals surface area (Å²) < 4.78 is 22.6. The fourth-order valence-corrected chi connectivity index (χ4v) is 4.81. The van der Waals surface area contributed by atoms with E-state index >= 15 is 0 Å². The normalized spacial score (nSPS) is 11.7. The first-order chi connectivity index (χ1) is 21.4. The van der Waals surface area contributed by atoms with Crippen LogP contribution < -0.4 is 14.2 Å². The first-order valence-electron chi connectivity index (χ1n) is 16.4. The molecule has 0 spiro atoms. The van der Waals surface area contributed by atoms with E-state index in [0.29, 0.717) is 36.2 Å². The van der Waals surface area contributed by atoms with E-state index in [1.807, 2.05) is 48.5 Å². The lowest BCUT2D eigenvalue weighted by Gasteiger charge is -2.17. The van der Waals surface area contributed by atoms with Gasteiger partial charge in [0.15, 0.2) is 6.10 Å². The first-order valence-corrected chi connectivity index (χ1v) is 16.4. The van der Waals surface area contributed by atoms with Crippen molar-refractivity contribution in [2.45, 2.75) is 98.0 Å². The van der Waals surface area contributed by atoms with Crippen molar-refractivity contribution >= 4 is 11.9 Å². The van der Waals surface area contributed by atoms with E-state index in [1.54, 1.807) is 31.2 Å². The molecule has 3 rings (SSSR count). The fraction of sp³-hybridized carbons (Fsp3) is 0.474. The number of esters is 2. The molecule has 0 radical (unpaired) electrons. The van der Waals surface area contributed by atoms with E-state index in [9.17, 15) is 9.59 Å². The summed E-state index contributed by atoms with van der Waals surface area (Å²) in [6.45, 7) is 9.24. The lowest BCUT2D eigenvalue weighted by Crippen LogP contribution is -2.27. The molecule has 0 fully saturated rings. The van der Waals surface area contributed by atoms with Crippen LogP contribution in [0.25, 0.3) is 11.1 Å². The molecular formula is C38H50O6. The van der Waals surface area contributed by atoms with Gasteiger partial charge in [-0.05, 0) is 78.9 Å². The molecule has 0 saturated carbocycles. The van der Waals surface area contributed by atoms with Crippen molar-refractivity contribution in [1.82, 2.24) is 0 Å². The lowest BCUT2D eigenvalue weighted by atomic mass is 10.1. The van der Waals surface area contributed by atoms with E-state index in [1.165, 1.54) is 44.9 Å². The maximum atomic E-state index is 12.7. The van der Waals surface area contributed by atoms with Gasteiger partial charge in [-0.3, -0.25) is 0 Å². The summed E-state index contributed by atoms with van der Waals surface area (Å²) in [6, 6.07) is 22.0. The van der Waals surface area contributed by atoms with Gasteiger partial charge >= 0.3 is 11.9 Å². The highest BCUT2D eigenvalue weighted by atomic mass is 16.6. The molecule has 1 atom stereocenters. The average molecular weight is 603 g/mol. The number of hydrogen-bond acceptors (Lipinski definition) is 6. The third-order valence-corrected chi connectivity index (χ3v) is 7.87. The Morgan fingerprint density at radius 3 is 1.73 bits per heavy atom. The third-order valence-electron chi connectivity index (χ3n) is 7.87. The minimum Gasteiger partial charge on any atom is -0.494 e. The topological polar surface area (TPSA) is 71.1 Å². The minimum atomic E-state index is -0.687. The standard InChI is InChI=1S/C38H50O6/c1-5-8-9-10-11-12-13-14-27-41-34-21-19-33(20-22-34)38(40)44-36-25-17-32(18-26-36)31-15-23-35(24-16-31)43-29(4)37(39)42-28-30(6-2)7-3/h15-26,29-30H,5-14,27-28H2,1-4H3. The zero-order chi connectivity index (χ0) is 31.6. The molecular weight excluding hydrogens is 552 g/mol. The van der Waals surface area contributed by atoms with E-state index in [2.05, 4.69) is 20.8 Å². The van der Waals surface area contributed by atoms with Crippen molar-refractivity contribution in [3.63, 3.8) is 0 Å². The Hall–Kier alpha value is -3.80. The summed E-state index contributed by atoms with van der Waals surface area (Å²) in [7, 11) is 0. The van der Waals surface area contributed by atoms with Gasteiger partial charge in [-0.1, -0.05) is 103 Å². The van der Waals surface area contributed by atoms with Crippen LogP contribution in [-0.4, -0.2) is 31.3 Å². The first kappa shape index (κ1) is 34.7. The largest absolute Gasteiger partial charge is 0.494 e. The monoisotopic (exact) mass is 602 g/mol. The second kappa shape index (κ2) is 19.5. The Morgan fingerprint density at radius 2 is 1.16 bits per heavy atom. The van der Waals surface area contributed by atoms with Gasteiger partial charge in [-0.25, -0.2) is 9.59 Å². The van der Waals surface area contributed by atoms with E-state index in [-0.39, 0.29) is 5.97 Å². The second-order valence-corrected chi connectivity index (χ2v) is 11.4. The summed E-state index contributed by atoms with van der Waals surface area (Å²) in [4.78, 5) is 25.0. The zero-order valence-electron chi connectivity index (χ0n) is 27.0. The smallest absolute Gasteiger partial charge is 0.347 e. The molecule has 0 heterocycles. The summed E-state index contributed by atoms with van der Waals surface area (Å²) >= 11 is 0. The summed E-state index contributed by atoms with van der Waals surface area (Å²) in [5.41, 5.74) is 2.41. The SMILES string of the molecule is CCCCCCCCCCOc1ccc(C(=O)Oc2ccc(-c3ccc(OC(C)C(=O)OCC(CC)CC)cc3)cc2)cc1. The van der Waals surface area contributed by atoms with Gasteiger partial charge in [0.1, 0.15) is 17.2 Å². The highest BCUT2D eigenvalue weighted by Gasteiger charge is 2.18. The van der Waals surface area contributed by atoms with E-state index < -0.39 is 12.1 Å². The number of rotatable bonds is 20. The Labute approximate surface area is 264 Å². The van der Waals surface area contributed by atoms with Crippen LogP contribution in [0.5, 0.6) is 17.2 Å². The molecule has 1 unspecified atom stereocenters. The average Bonchev–Trinajstić information content (AvgIpc) is 3.05. The number of benzene rings is 3. The number of unbranched alkanes of at least 4 members (excludes halogenated alkanes) is 7. The molecule has 0 aliphatic carbocycles. The fourth-order valence-electron chi connectivity index (χ4n) is 4.81. The molecule has 0 amide bonds. The van der Waals surface area contributed by atoms with Crippen LogP contribution in [0.15, 0.2) is 72.8 Å².